The topological polar surface area (TPSA) is 92.5 Å². The standard InChI is InChI=1S/C24H32ClFN2O4S2/c1-2-3-6-19(30)16-12-17(14-27-13-16)33-21-15(8-9-18(21)25)5-4-7-20-28-23(26)22(34-20)24(31)32-11-10-29/h12-15,18-19,21,29-30H,2-11H2,1H3/t15-,18?,19?,21?/m0/s1. The molecule has 3 unspecified atom stereocenters. The number of rotatable bonds is 13. The van der Waals surface area contributed by atoms with Crippen molar-refractivity contribution in [1.29, 1.82) is 0 Å². The first-order chi connectivity index (χ1) is 16.4. The highest BCUT2D eigenvalue weighted by Crippen LogP contribution is 2.44. The van der Waals surface area contributed by atoms with Crippen molar-refractivity contribution in [2.45, 2.75) is 79.9 Å². The van der Waals surface area contributed by atoms with E-state index in [4.69, 9.17) is 21.4 Å². The second kappa shape index (κ2) is 13.7. The first-order valence-corrected chi connectivity index (χ1v) is 13.9. The molecule has 2 aromatic rings. The largest absolute Gasteiger partial charge is 0.459 e. The van der Waals surface area contributed by atoms with Crippen LogP contribution in [0.4, 0.5) is 4.39 Å². The maximum Gasteiger partial charge on any atom is 0.353 e. The number of carbonyl (C=O) groups excluding carboxylic acids is 1. The molecule has 0 bridgehead atoms. The summed E-state index contributed by atoms with van der Waals surface area (Å²) in [7, 11) is 0. The highest BCUT2D eigenvalue weighted by atomic mass is 35.5. The number of aromatic nitrogens is 2. The summed E-state index contributed by atoms with van der Waals surface area (Å²) in [4.78, 5) is 20.9. The normalized spacial score (nSPS) is 21.0. The molecule has 0 aromatic carbocycles. The Morgan fingerprint density at radius 2 is 2.21 bits per heavy atom. The van der Waals surface area contributed by atoms with Crippen LogP contribution in [0.2, 0.25) is 0 Å². The van der Waals surface area contributed by atoms with E-state index in [2.05, 4.69) is 16.9 Å². The van der Waals surface area contributed by atoms with Gasteiger partial charge in [-0.15, -0.1) is 34.7 Å². The summed E-state index contributed by atoms with van der Waals surface area (Å²) >= 11 is 9.41. The quantitative estimate of drug-likeness (QED) is 0.259. The van der Waals surface area contributed by atoms with Crippen molar-refractivity contribution in [3.63, 3.8) is 0 Å². The van der Waals surface area contributed by atoms with Crippen LogP contribution >= 0.6 is 34.7 Å². The van der Waals surface area contributed by atoms with Crippen LogP contribution in [0.15, 0.2) is 23.4 Å². The summed E-state index contributed by atoms with van der Waals surface area (Å²) in [5.74, 6) is -1.19. The number of carbonyl (C=O) groups is 1. The molecule has 1 aliphatic rings. The number of thiazole rings is 1. The lowest BCUT2D eigenvalue weighted by atomic mass is 10.0. The van der Waals surface area contributed by atoms with E-state index in [0.29, 0.717) is 17.3 Å². The summed E-state index contributed by atoms with van der Waals surface area (Å²) in [6.45, 7) is 1.64. The Kier molecular flexibility index (Phi) is 11.0. The predicted octanol–water partition coefficient (Wildman–Crippen LogP) is 5.55. The van der Waals surface area contributed by atoms with Gasteiger partial charge in [0.25, 0.3) is 0 Å². The fourth-order valence-electron chi connectivity index (χ4n) is 4.17. The smallest absolute Gasteiger partial charge is 0.353 e. The molecule has 1 saturated carbocycles. The van der Waals surface area contributed by atoms with E-state index in [0.717, 1.165) is 66.7 Å². The number of unbranched alkanes of at least 4 members (excludes halogenated alkanes) is 1. The van der Waals surface area contributed by atoms with Gasteiger partial charge in [-0.05, 0) is 56.1 Å². The third-order valence-corrected chi connectivity index (χ3v) is 9.15. The van der Waals surface area contributed by atoms with Gasteiger partial charge in [0.2, 0.25) is 5.95 Å². The molecule has 34 heavy (non-hydrogen) atoms. The Hall–Kier alpha value is -1.26. The number of aryl methyl sites for hydroxylation is 1. The van der Waals surface area contributed by atoms with Crippen LogP contribution in [0, 0.1) is 11.9 Å². The number of nitrogens with zero attached hydrogens (tertiary/aromatic N) is 2. The minimum atomic E-state index is -0.813. The van der Waals surface area contributed by atoms with Gasteiger partial charge in [0, 0.05) is 27.9 Å². The maximum absolute atomic E-state index is 14.0. The van der Waals surface area contributed by atoms with E-state index in [1.54, 1.807) is 18.0 Å². The number of aliphatic hydroxyl groups is 2. The molecule has 0 amide bonds. The summed E-state index contributed by atoms with van der Waals surface area (Å²) in [6, 6.07) is 2.02. The monoisotopic (exact) mass is 530 g/mol. The third-order valence-electron chi connectivity index (χ3n) is 5.96. The zero-order valence-electron chi connectivity index (χ0n) is 19.3. The SMILES string of the molecule is CCCCC(O)c1cncc(SC2C(Cl)CC[C@@H]2CCCc2nc(F)c(C(=O)OCCO)s2)c1. The van der Waals surface area contributed by atoms with E-state index < -0.39 is 18.0 Å². The number of hydrogen-bond acceptors (Lipinski definition) is 8. The predicted molar refractivity (Wildman–Crippen MR) is 133 cm³/mol. The lowest BCUT2D eigenvalue weighted by Crippen LogP contribution is -2.18. The minimum absolute atomic E-state index is 0.0638. The average molecular weight is 531 g/mol. The first kappa shape index (κ1) is 27.3. The second-order valence-electron chi connectivity index (χ2n) is 8.53. The molecule has 1 aliphatic carbocycles. The Labute approximate surface area is 213 Å². The van der Waals surface area contributed by atoms with Gasteiger partial charge in [0.15, 0.2) is 4.88 Å². The molecule has 3 rings (SSSR count). The van der Waals surface area contributed by atoms with E-state index in [9.17, 15) is 14.3 Å². The summed E-state index contributed by atoms with van der Waals surface area (Å²) < 4.78 is 18.8. The van der Waals surface area contributed by atoms with Gasteiger partial charge < -0.3 is 14.9 Å². The van der Waals surface area contributed by atoms with Crippen LogP contribution in [-0.4, -0.2) is 50.0 Å². The molecule has 0 aliphatic heterocycles. The van der Waals surface area contributed by atoms with Gasteiger partial charge in [-0.3, -0.25) is 4.98 Å². The molecule has 10 heteroatoms. The Morgan fingerprint density at radius 1 is 1.38 bits per heavy atom. The van der Waals surface area contributed by atoms with E-state index in [1.807, 2.05) is 12.3 Å². The van der Waals surface area contributed by atoms with Crippen molar-refractivity contribution < 1.29 is 24.1 Å². The van der Waals surface area contributed by atoms with Crippen LogP contribution < -0.4 is 0 Å². The van der Waals surface area contributed by atoms with Crippen molar-refractivity contribution in [2.24, 2.45) is 5.92 Å². The van der Waals surface area contributed by atoms with Gasteiger partial charge in [0.05, 0.1) is 17.7 Å². The van der Waals surface area contributed by atoms with E-state index in [-0.39, 0.29) is 28.7 Å². The number of ether oxygens (including phenoxy) is 1. The number of esters is 1. The number of pyridine rings is 1. The number of alkyl halides is 1. The molecule has 188 valence electrons. The number of halogens is 2. The highest BCUT2D eigenvalue weighted by molar-refractivity contribution is 8.00. The molecule has 4 atom stereocenters. The molecule has 2 aromatic heterocycles. The second-order valence-corrected chi connectivity index (χ2v) is 11.4. The van der Waals surface area contributed by atoms with Crippen LogP contribution in [0.5, 0.6) is 0 Å². The molecule has 0 radical (unpaired) electrons. The highest BCUT2D eigenvalue weighted by Gasteiger charge is 2.35. The van der Waals surface area contributed by atoms with Gasteiger partial charge >= 0.3 is 5.97 Å². The lowest BCUT2D eigenvalue weighted by Gasteiger charge is -2.22. The molecule has 2 N–H and O–H groups in total. The van der Waals surface area contributed by atoms with Crippen molar-refractivity contribution in [3.8, 4) is 0 Å². The zero-order chi connectivity index (χ0) is 24.5. The van der Waals surface area contributed by atoms with E-state index >= 15 is 0 Å². The molecule has 2 heterocycles. The third kappa shape index (κ3) is 7.62. The summed E-state index contributed by atoms with van der Waals surface area (Å²) in [5, 5.41) is 20.0. The van der Waals surface area contributed by atoms with E-state index in [1.165, 1.54) is 0 Å². The molecule has 0 spiro atoms. The van der Waals surface area contributed by atoms with Crippen LogP contribution in [0.3, 0.4) is 0 Å². The fourth-order valence-corrected chi connectivity index (χ4v) is 6.93. The molecular weight excluding hydrogens is 499 g/mol. The van der Waals surface area contributed by atoms with Crippen LogP contribution in [0.25, 0.3) is 0 Å². The molecule has 0 saturated heterocycles. The van der Waals surface area contributed by atoms with Crippen LogP contribution in [-0.2, 0) is 11.2 Å². The number of thioether (sulfide) groups is 1. The van der Waals surface area contributed by atoms with Gasteiger partial charge in [0.1, 0.15) is 6.61 Å². The number of aliphatic hydroxyl groups excluding tert-OH is 2. The van der Waals surface area contributed by atoms with Crippen molar-refractivity contribution in [1.82, 2.24) is 9.97 Å². The minimum Gasteiger partial charge on any atom is -0.459 e. The van der Waals surface area contributed by atoms with Gasteiger partial charge in [-0.1, -0.05) is 19.8 Å². The fraction of sp³-hybridized carbons (Fsp3) is 0.625. The average Bonchev–Trinajstić information content (AvgIpc) is 3.38. The van der Waals surface area contributed by atoms with Crippen molar-refractivity contribution in [3.05, 3.63) is 39.9 Å². The molecule has 6 nitrogen and oxygen atoms in total. The maximum atomic E-state index is 14.0. The van der Waals surface area contributed by atoms with Crippen molar-refractivity contribution >= 4 is 40.7 Å². The Morgan fingerprint density at radius 3 is 2.97 bits per heavy atom. The number of hydrogen-bond donors (Lipinski definition) is 2. The molecule has 1 fully saturated rings. The Bertz CT molecular complexity index is 932. The first-order valence-electron chi connectivity index (χ1n) is 11.8. The zero-order valence-corrected chi connectivity index (χ0v) is 21.7. The summed E-state index contributed by atoms with van der Waals surface area (Å²) in [5.41, 5.74) is 0.846. The van der Waals surface area contributed by atoms with Crippen LogP contribution in [0.1, 0.15) is 78.2 Å². The lowest BCUT2D eigenvalue weighted by molar-refractivity contribution is 0.0434. The molecular formula is C24H32ClFN2O4S2. The summed E-state index contributed by atoms with van der Waals surface area (Å²) in [6.07, 6.45) is 10.1. The van der Waals surface area contributed by atoms with Crippen molar-refractivity contribution in [2.75, 3.05) is 13.2 Å². The van der Waals surface area contributed by atoms with Gasteiger partial charge in [-0.2, -0.15) is 4.39 Å². The Balaban J connectivity index is 1.54. The van der Waals surface area contributed by atoms with Gasteiger partial charge in [-0.25, -0.2) is 9.78 Å².